The van der Waals surface area contributed by atoms with Gasteiger partial charge in [0.2, 0.25) is 0 Å². The molecule has 0 amide bonds. The minimum Gasteiger partial charge on any atom is -0.383 e. The molecule has 2 N–H and O–H groups in total. The van der Waals surface area contributed by atoms with Crippen molar-refractivity contribution >= 4 is 5.82 Å². The van der Waals surface area contributed by atoms with E-state index in [1.54, 1.807) is 0 Å². The first-order valence-corrected chi connectivity index (χ1v) is 6.98. The number of anilines is 1. The van der Waals surface area contributed by atoms with Crippen molar-refractivity contribution < 1.29 is 0 Å². The number of hydrogen-bond donors (Lipinski definition) is 1. The molecule has 102 valence electrons. The van der Waals surface area contributed by atoms with Crippen molar-refractivity contribution in [3.8, 4) is 23.6 Å². The Hall–Kier alpha value is -2.21. The summed E-state index contributed by atoms with van der Waals surface area (Å²) in [6.07, 6.45) is 7.84. The Morgan fingerprint density at radius 3 is 2.50 bits per heavy atom. The average molecular weight is 265 g/mol. The van der Waals surface area contributed by atoms with Gasteiger partial charge in [-0.15, -0.1) is 6.42 Å². The van der Waals surface area contributed by atoms with Crippen LogP contribution in [0.15, 0.2) is 18.2 Å². The molecular formula is C17H19N3. The second-order valence-corrected chi connectivity index (χ2v) is 5.64. The highest BCUT2D eigenvalue weighted by molar-refractivity contribution is 5.72. The minimum atomic E-state index is 0.496. The molecule has 0 aliphatic heterocycles. The van der Waals surface area contributed by atoms with Crippen LogP contribution < -0.4 is 5.73 Å². The van der Waals surface area contributed by atoms with Crippen molar-refractivity contribution in [1.82, 2.24) is 9.55 Å². The molecule has 1 saturated carbocycles. The number of aromatic nitrogens is 2. The lowest BCUT2D eigenvalue weighted by Gasteiger charge is -2.05. The maximum absolute atomic E-state index is 6.29. The highest BCUT2D eigenvalue weighted by Crippen LogP contribution is 2.42. The van der Waals surface area contributed by atoms with Gasteiger partial charge in [0.05, 0.1) is 6.54 Å². The lowest BCUT2D eigenvalue weighted by molar-refractivity contribution is 0.762. The monoisotopic (exact) mass is 265 g/mol. The van der Waals surface area contributed by atoms with Crippen LogP contribution in [-0.4, -0.2) is 9.55 Å². The molecule has 1 aromatic carbocycles. The summed E-state index contributed by atoms with van der Waals surface area (Å²) in [7, 11) is 0. The summed E-state index contributed by atoms with van der Waals surface area (Å²) in [5.41, 5.74) is 10.7. The number of terminal acetylenes is 1. The number of hydrogen-bond acceptors (Lipinski definition) is 2. The van der Waals surface area contributed by atoms with Crippen LogP contribution in [0.25, 0.3) is 11.3 Å². The van der Waals surface area contributed by atoms with E-state index in [9.17, 15) is 0 Å². The zero-order chi connectivity index (χ0) is 14.3. The zero-order valence-electron chi connectivity index (χ0n) is 12.0. The van der Waals surface area contributed by atoms with Crippen LogP contribution >= 0.6 is 0 Å². The quantitative estimate of drug-likeness (QED) is 0.866. The van der Waals surface area contributed by atoms with E-state index in [0.717, 1.165) is 17.1 Å². The molecule has 0 spiro atoms. The van der Waals surface area contributed by atoms with Crippen LogP contribution in [0.2, 0.25) is 0 Å². The van der Waals surface area contributed by atoms with Crippen molar-refractivity contribution in [2.45, 2.75) is 39.2 Å². The molecule has 1 aliphatic carbocycles. The van der Waals surface area contributed by atoms with Crippen molar-refractivity contribution in [3.63, 3.8) is 0 Å². The normalized spacial score (nSPS) is 14.2. The molecule has 2 aromatic rings. The van der Waals surface area contributed by atoms with Gasteiger partial charge in [-0.05, 0) is 38.8 Å². The summed E-state index contributed by atoms with van der Waals surface area (Å²) < 4.78 is 1.99. The number of imidazole rings is 1. The third kappa shape index (κ3) is 2.18. The first-order valence-electron chi connectivity index (χ1n) is 6.98. The summed E-state index contributed by atoms with van der Waals surface area (Å²) in [5.74, 6) is 4.95. The fourth-order valence-corrected chi connectivity index (χ4v) is 2.72. The lowest BCUT2D eigenvalue weighted by Crippen LogP contribution is -2.05. The van der Waals surface area contributed by atoms with Gasteiger partial charge < -0.3 is 10.3 Å². The summed E-state index contributed by atoms with van der Waals surface area (Å²) in [6, 6.07) is 6.41. The second kappa shape index (κ2) is 4.72. The van der Waals surface area contributed by atoms with Crippen molar-refractivity contribution in [1.29, 1.82) is 0 Å². The number of benzene rings is 1. The van der Waals surface area contributed by atoms with Gasteiger partial charge in [-0.2, -0.15) is 0 Å². The molecule has 0 atom stereocenters. The van der Waals surface area contributed by atoms with Crippen LogP contribution in [0.1, 0.15) is 35.7 Å². The predicted octanol–water partition coefficient (Wildman–Crippen LogP) is 3.26. The van der Waals surface area contributed by atoms with E-state index in [2.05, 4.69) is 38.0 Å². The number of nitrogen functional groups attached to an aromatic ring is 1. The highest BCUT2D eigenvalue weighted by atomic mass is 15.1. The molecule has 0 bridgehead atoms. The Morgan fingerprint density at radius 2 is 1.95 bits per heavy atom. The molecule has 3 heteroatoms. The SMILES string of the molecule is C#CCn1c(C2CC2)nc(-c2cc(C)cc(C)c2)c1N. The van der Waals surface area contributed by atoms with E-state index >= 15 is 0 Å². The molecule has 3 rings (SSSR count). The topological polar surface area (TPSA) is 43.8 Å². The Bertz CT molecular complexity index is 680. The fraction of sp³-hybridized carbons (Fsp3) is 0.353. The highest BCUT2D eigenvalue weighted by Gasteiger charge is 2.30. The van der Waals surface area contributed by atoms with E-state index in [0.29, 0.717) is 18.3 Å². The Kier molecular flexibility index (Phi) is 3.02. The molecule has 20 heavy (non-hydrogen) atoms. The average Bonchev–Trinajstić information content (AvgIpc) is 3.16. The van der Waals surface area contributed by atoms with Gasteiger partial charge in [-0.25, -0.2) is 4.98 Å². The summed E-state index contributed by atoms with van der Waals surface area (Å²) in [6.45, 7) is 4.68. The number of rotatable bonds is 3. The molecule has 1 heterocycles. The third-order valence-electron chi connectivity index (χ3n) is 3.72. The molecule has 1 aromatic heterocycles. The van der Waals surface area contributed by atoms with Gasteiger partial charge in [-0.3, -0.25) is 0 Å². The maximum atomic E-state index is 6.29. The second-order valence-electron chi connectivity index (χ2n) is 5.64. The lowest BCUT2D eigenvalue weighted by atomic mass is 10.1. The Morgan fingerprint density at radius 1 is 1.30 bits per heavy atom. The van der Waals surface area contributed by atoms with Crippen molar-refractivity contribution in [2.75, 3.05) is 5.73 Å². The Balaban J connectivity index is 2.14. The Labute approximate surface area is 119 Å². The molecule has 1 fully saturated rings. The van der Waals surface area contributed by atoms with E-state index in [4.69, 9.17) is 17.1 Å². The number of aryl methyl sites for hydroxylation is 2. The maximum Gasteiger partial charge on any atom is 0.132 e. The van der Waals surface area contributed by atoms with Crippen molar-refractivity contribution in [2.24, 2.45) is 0 Å². The summed E-state index contributed by atoms with van der Waals surface area (Å²) in [4.78, 5) is 4.79. The van der Waals surface area contributed by atoms with Gasteiger partial charge in [0.1, 0.15) is 17.3 Å². The van der Waals surface area contributed by atoms with E-state index in [1.165, 1.54) is 24.0 Å². The van der Waals surface area contributed by atoms with E-state index in [1.807, 2.05) is 4.57 Å². The third-order valence-corrected chi connectivity index (χ3v) is 3.72. The number of nitrogens with zero attached hydrogens (tertiary/aromatic N) is 2. The van der Waals surface area contributed by atoms with E-state index < -0.39 is 0 Å². The molecule has 1 aliphatic rings. The first-order chi connectivity index (χ1) is 9.60. The fourth-order valence-electron chi connectivity index (χ4n) is 2.72. The largest absolute Gasteiger partial charge is 0.383 e. The van der Waals surface area contributed by atoms with Crippen LogP contribution in [0.4, 0.5) is 5.82 Å². The number of nitrogens with two attached hydrogens (primary N) is 1. The summed E-state index contributed by atoms with van der Waals surface area (Å²) in [5, 5.41) is 0. The summed E-state index contributed by atoms with van der Waals surface area (Å²) >= 11 is 0. The van der Waals surface area contributed by atoms with Gasteiger partial charge in [0, 0.05) is 11.5 Å². The van der Waals surface area contributed by atoms with Crippen LogP contribution in [0.3, 0.4) is 0 Å². The van der Waals surface area contributed by atoms with E-state index in [-0.39, 0.29) is 0 Å². The van der Waals surface area contributed by atoms with Crippen LogP contribution in [0, 0.1) is 26.2 Å². The van der Waals surface area contributed by atoms with Crippen LogP contribution in [-0.2, 0) is 6.54 Å². The molecule has 3 nitrogen and oxygen atoms in total. The van der Waals surface area contributed by atoms with Gasteiger partial charge in [0.15, 0.2) is 0 Å². The zero-order valence-corrected chi connectivity index (χ0v) is 12.0. The predicted molar refractivity (Wildman–Crippen MR) is 82.4 cm³/mol. The molecule has 0 unspecified atom stereocenters. The van der Waals surface area contributed by atoms with Gasteiger partial charge >= 0.3 is 0 Å². The minimum absolute atomic E-state index is 0.496. The van der Waals surface area contributed by atoms with Gasteiger partial charge in [-0.1, -0.05) is 23.1 Å². The molecular weight excluding hydrogens is 246 g/mol. The smallest absolute Gasteiger partial charge is 0.132 e. The van der Waals surface area contributed by atoms with Gasteiger partial charge in [0.25, 0.3) is 0 Å². The molecule has 0 radical (unpaired) electrons. The van der Waals surface area contributed by atoms with Crippen molar-refractivity contribution in [3.05, 3.63) is 35.2 Å². The molecule has 0 saturated heterocycles. The standard InChI is InChI=1S/C17H19N3/c1-4-7-20-16(18)15(19-17(20)13-5-6-13)14-9-11(2)8-12(3)10-14/h1,8-10,13H,5-7,18H2,2-3H3. The van der Waals surface area contributed by atoms with Crippen LogP contribution in [0.5, 0.6) is 0 Å². The first kappa shape index (κ1) is 12.8.